The highest BCUT2D eigenvalue weighted by Crippen LogP contribution is 2.07. The van der Waals surface area contributed by atoms with E-state index < -0.39 is 60.2 Å². The number of carbonyl (C=O) groups excluding carboxylic acids is 3. The minimum absolute atomic E-state index is 0.0298. The Morgan fingerprint density at radius 3 is 2.16 bits per heavy atom. The Balaban J connectivity index is 2.19. The van der Waals surface area contributed by atoms with Gasteiger partial charge in [-0.25, -0.2) is 9.78 Å². The van der Waals surface area contributed by atoms with Crippen LogP contribution in [0.2, 0.25) is 0 Å². The number of carbonyl (C=O) groups is 5. The van der Waals surface area contributed by atoms with E-state index in [9.17, 15) is 34.2 Å². The standard InChI is InChI=1S/C24H32N6O7S/c1-38-8-7-17(24(36)37)28-23(35)19(11-20(31)32)30-22(34)18(9-14-5-3-2-4-6-14)29-21(33)16(25)10-15-12-26-13-27-15/h2-6,12-13,16-19H,7-11,25H2,1H3,(H,26,27)(H,28,35)(H,29,33)(H,30,34)(H,31,32)(H,36,37). The molecule has 8 N–H and O–H groups in total. The lowest BCUT2D eigenvalue weighted by Crippen LogP contribution is -2.58. The van der Waals surface area contributed by atoms with Crippen molar-refractivity contribution < 1.29 is 34.2 Å². The van der Waals surface area contributed by atoms with Crippen LogP contribution in [0.25, 0.3) is 0 Å². The number of imidazole rings is 1. The van der Waals surface area contributed by atoms with E-state index in [2.05, 4.69) is 25.9 Å². The molecule has 0 spiro atoms. The van der Waals surface area contributed by atoms with Crippen molar-refractivity contribution in [3.05, 3.63) is 54.1 Å². The fourth-order valence-electron chi connectivity index (χ4n) is 3.49. The fourth-order valence-corrected chi connectivity index (χ4v) is 3.96. The summed E-state index contributed by atoms with van der Waals surface area (Å²) in [6.07, 6.45) is 4.20. The van der Waals surface area contributed by atoms with Gasteiger partial charge in [0.05, 0.1) is 18.8 Å². The van der Waals surface area contributed by atoms with E-state index in [-0.39, 0.29) is 19.3 Å². The van der Waals surface area contributed by atoms with Crippen molar-refractivity contribution in [3.8, 4) is 0 Å². The van der Waals surface area contributed by atoms with Gasteiger partial charge in [-0.1, -0.05) is 30.3 Å². The van der Waals surface area contributed by atoms with Crippen molar-refractivity contribution in [2.45, 2.75) is 49.9 Å². The Hall–Kier alpha value is -3.91. The number of aromatic nitrogens is 2. The number of aromatic amines is 1. The summed E-state index contributed by atoms with van der Waals surface area (Å²) < 4.78 is 0. The zero-order valence-corrected chi connectivity index (χ0v) is 21.6. The summed E-state index contributed by atoms with van der Waals surface area (Å²) in [5.41, 5.74) is 7.31. The number of H-pyrrole nitrogens is 1. The van der Waals surface area contributed by atoms with Crippen LogP contribution in [0.15, 0.2) is 42.9 Å². The summed E-state index contributed by atoms with van der Waals surface area (Å²) in [4.78, 5) is 68.5. The molecule has 3 amide bonds. The van der Waals surface area contributed by atoms with Crippen LogP contribution in [0.3, 0.4) is 0 Å². The minimum atomic E-state index is -1.58. The normalized spacial score (nSPS) is 13.9. The number of nitrogens with zero attached hydrogens (tertiary/aromatic N) is 1. The van der Waals surface area contributed by atoms with Gasteiger partial charge >= 0.3 is 11.9 Å². The third-order valence-electron chi connectivity index (χ3n) is 5.48. The van der Waals surface area contributed by atoms with Crippen LogP contribution >= 0.6 is 11.8 Å². The third kappa shape index (κ3) is 10.2. The number of amides is 3. The van der Waals surface area contributed by atoms with Gasteiger partial charge in [-0.15, -0.1) is 0 Å². The molecule has 4 unspecified atom stereocenters. The number of hydrogen-bond donors (Lipinski definition) is 7. The average molecular weight is 549 g/mol. The van der Waals surface area contributed by atoms with E-state index in [0.717, 1.165) is 0 Å². The lowest BCUT2D eigenvalue weighted by molar-refractivity contribution is -0.143. The van der Waals surface area contributed by atoms with Gasteiger partial charge in [0, 0.05) is 24.7 Å². The molecule has 2 aromatic rings. The van der Waals surface area contributed by atoms with Crippen LogP contribution in [0, 0.1) is 0 Å². The van der Waals surface area contributed by atoms with E-state index in [0.29, 0.717) is 17.0 Å². The molecular formula is C24H32N6O7S. The zero-order chi connectivity index (χ0) is 28.1. The van der Waals surface area contributed by atoms with Crippen molar-refractivity contribution >= 4 is 41.4 Å². The summed E-state index contributed by atoms with van der Waals surface area (Å²) in [6.45, 7) is 0. The second kappa shape index (κ2) is 15.4. The Morgan fingerprint density at radius 1 is 0.947 bits per heavy atom. The maximum absolute atomic E-state index is 13.2. The van der Waals surface area contributed by atoms with Gasteiger partial charge in [-0.05, 0) is 24.0 Å². The molecule has 0 radical (unpaired) electrons. The van der Waals surface area contributed by atoms with Crippen LogP contribution < -0.4 is 21.7 Å². The first-order valence-corrected chi connectivity index (χ1v) is 13.1. The largest absolute Gasteiger partial charge is 0.481 e. The van der Waals surface area contributed by atoms with Crippen LogP contribution in [-0.4, -0.2) is 86.0 Å². The summed E-state index contributed by atoms with van der Waals surface area (Å²) in [6, 6.07) is 3.69. The van der Waals surface area contributed by atoms with E-state index in [1.165, 1.54) is 24.3 Å². The molecule has 0 aliphatic heterocycles. The molecule has 0 saturated carbocycles. The SMILES string of the molecule is CSCCC(NC(=O)C(CC(=O)O)NC(=O)C(Cc1ccccc1)NC(=O)C(N)Cc1cnc[nH]1)C(=O)O. The molecule has 0 aliphatic carbocycles. The molecule has 38 heavy (non-hydrogen) atoms. The highest BCUT2D eigenvalue weighted by atomic mass is 32.2. The highest BCUT2D eigenvalue weighted by molar-refractivity contribution is 7.98. The third-order valence-corrected chi connectivity index (χ3v) is 6.13. The number of nitrogens with one attached hydrogen (secondary N) is 4. The maximum Gasteiger partial charge on any atom is 0.326 e. The lowest BCUT2D eigenvalue weighted by Gasteiger charge is -2.24. The average Bonchev–Trinajstić information content (AvgIpc) is 3.38. The van der Waals surface area contributed by atoms with Crippen molar-refractivity contribution in [2.24, 2.45) is 5.73 Å². The summed E-state index contributed by atoms with van der Waals surface area (Å²) in [5, 5.41) is 25.9. The van der Waals surface area contributed by atoms with Crippen molar-refractivity contribution in [2.75, 3.05) is 12.0 Å². The molecule has 0 bridgehead atoms. The Kier molecular flexibility index (Phi) is 12.3. The molecule has 1 aromatic heterocycles. The van der Waals surface area contributed by atoms with Crippen molar-refractivity contribution in [1.29, 1.82) is 0 Å². The van der Waals surface area contributed by atoms with Crippen LogP contribution in [0.4, 0.5) is 0 Å². The number of benzene rings is 1. The fraction of sp³-hybridized carbons (Fsp3) is 0.417. The number of aliphatic carboxylic acids is 2. The lowest BCUT2D eigenvalue weighted by atomic mass is 10.0. The smallest absolute Gasteiger partial charge is 0.326 e. The first-order chi connectivity index (χ1) is 18.1. The molecule has 206 valence electrons. The number of nitrogens with two attached hydrogens (primary N) is 1. The number of thioether (sulfide) groups is 1. The molecule has 0 aliphatic rings. The molecule has 1 heterocycles. The van der Waals surface area contributed by atoms with E-state index in [1.54, 1.807) is 36.6 Å². The molecule has 0 saturated heterocycles. The molecule has 0 fully saturated rings. The number of rotatable bonds is 16. The summed E-state index contributed by atoms with van der Waals surface area (Å²) in [7, 11) is 0. The van der Waals surface area contributed by atoms with Crippen molar-refractivity contribution in [1.82, 2.24) is 25.9 Å². The second-order valence-corrected chi connectivity index (χ2v) is 9.46. The predicted octanol–water partition coefficient (Wildman–Crippen LogP) is -0.711. The Labute approximate surface area is 223 Å². The molecule has 14 heteroatoms. The van der Waals surface area contributed by atoms with Crippen molar-refractivity contribution in [3.63, 3.8) is 0 Å². The molecule has 13 nitrogen and oxygen atoms in total. The van der Waals surface area contributed by atoms with Gasteiger partial charge in [-0.2, -0.15) is 11.8 Å². The summed E-state index contributed by atoms with van der Waals surface area (Å²) >= 11 is 1.38. The predicted molar refractivity (Wildman–Crippen MR) is 139 cm³/mol. The highest BCUT2D eigenvalue weighted by Gasteiger charge is 2.31. The molecular weight excluding hydrogens is 516 g/mol. The van der Waals surface area contributed by atoms with Gasteiger partial charge in [0.25, 0.3) is 0 Å². The van der Waals surface area contributed by atoms with E-state index >= 15 is 0 Å². The van der Waals surface area contributed by atoms with Gasteiger partial charge in [0.1, 0.15) is 18.1 Å². The van der Waals surface area contributed by atoms with Crippen LogP contribution in [0.1, 0.15) is 24.1 Å². The number of hydrogen-bond acceptors (Lipinski definition) is 8. The van der Waals surface area contributed by atoms with Gasteiger partial charge < -0.3 is 36.9 Å². The topological polar surface area (TPSA) is 217 Å². The van der Waals surface area contributed by atoms with Crippen LogP contribution in [0.5, 0.6) is 0 Å². The Morgan fingerprint density at radius 2 is 1.58 bits per heavy atom. The molecule has 2 rings (SSSR count). The van der Waals surface area contributed by atoms with Gasteiger partial charge in [0.15, 0.2) is 0 Å². The van der Waals surface area contributed by atoms with Gasteiger partial charge in [0.2, 0.25) is 17.7 Å². The maximum atomic E-state index is 13.2. The Bertz CT molecular complexity index is 1080. The molecule has 4 atom stereocenters. The second-order valence-electron chi connectivity index (χ2n) is 8.48. The monoisotopic (exact) mass is 548 g/mol. The summed E-state index contributed by atoms with van der Waals surface area (Å²) in [5.74, 6) is -4.65. The minimum Gasteiger partial charge on any atom is -0.481 e. The van der Waals surface area contributed by atoms with E-state index in [1.807, 2.05) is 0 Å². The van der Waals surface area contributed by atoms with Crippen LogP contribution in [-0.2, 0) is 36.8 Å². The quantitative estimate of drug-likeness (QED) is 0.140. The number of carboxylic acids is 2. The molecule has 1 aromatic carbocycles. The van der Waals surface area contributed by atoms with Gasteiger partial charge in [-0.3, -0.25) is 19.2 Å². The first-order valence-electron chi connectivity index (χ1n) is 11.7. The van der Waals surface area contributed by atoms with E-state index in [4.69, 9.17) is 5.73 Å². The zero-order valence-electron chi connectivity index (χ0n) is 20.8. The first kappa shape index (κ1) is 30.3. The number of carboxylic acid groups (broad SMARTS) is 2.